The molecule has 0 saturated carbocycles. The summed E-state index contributed by atoms with van der Waals surface area (Å²) < 4.78 is 13.0. The predicted octanol–water partition coefficient (Wildman–Crippen LogP) is 3.80. The van der Waals surface area contributed by atoms with Gasteiger partial charge in [-0.2, -0.15) is 10.1 Å². The van der Waals surface area contributed by atoms with Crippen LogP contribution in [0.15, 0.2) is 24.5 Å². The number of hydrogen-bond donors (Lipinski definition) is 1. The standard InChI is InChI=1S/C27H36N8O4/c1-7-38-24-20(14-18-16-32(6)31-22(18)30-24)29-25(36)35-11-9-19-21(8-10-28-23(19)35)33-12-13-34(17(2)15-33)26(37)39-27(3,4)5/h8,10,14,16-17H,7,9,11-13,15H2,1-6H3,(H,29,36)/t17-/m1/s1. The van der Waals surface area contributed by atoms with Gasteiger partial charge >= 0.3 is 12.1 Å². The van der Waals surface area contributed by atoms with Crippen LogP contribution < -0.4 is 19.9 Å². The van der Waals surface area contributed by atoms with Crippen molar-refractivity contribution in [1.29, 1.82) is 0 Å². The van der Waals surface area contributed by atoms with Gasteiger partial charge in [-0.15, -0.1) is 0 Å². The van der Waals surface area contributed by atoms with Gasteiger partial charge in [-0.25, -0.2) is 14.6 Å². The van der Waals surface area contributed by atoms with Crippen LogP contribution in [0.4, 0.5) is 26.8 Å². The van der Waals surface area contributed by atoms with E-state index in [0.717, 1.165) is 16.6 Å². The molecule has 0 radical (unpaired) electrons. The van der Waals surface area contributed by atoms with E-state index in [0.29, 0.717) is 62.2 Å². The average molecular weight is 537 g/mol. The summed E-state index contributed by atoms with van der Waals surface area (Å²) in [6.45, 7) is 12.3. The van der Waals surface area contributed by atoms with E-state index in [-0.39, 0.29) is 18.2 Å². The average Bonchev–Trinajstić information content (AvgIpc) is 3.45. The summed E-state index contributed by atoms with van der Waals surface area (Å²) >= 11 is 0. The number of carbonyl (C=O) groups excluding carboxylic acids is 2. The molecule has 1 fully saturated rings. The van der Waals surface area contributed by atoms with Crippen LogP contribution in [0, 0.1) is 0 Å². The fraction of sp³-hybridized carbons (Fsp3) is 0.519. The number of fused-ring (bicyclic) bond motifs is 2. The third-order valence-electron chi connectivity index (χ3n) is 6.79. The Bertz CT molecular complexity index is 1400. The lowest BCUT2D eigenvalue weighted by molar-refractivity contribution is 0.0159. The van der Waals surface area contributed by atoms with Crippen molar-refractivity contribution in [2.75, 3.05) is 47.9 Å². The van der Waals surface area contributed by atoms with Gasteiger partial charge < -0.3 is 24.6 Å². The van der Waals surface area contributed by atoms with Crippen LogP contribution in [0.5, 0.6) is 5.88 Å². The Morgan fingerprint density at radius 3 is 2.72 bits per heavy atom. The Morgan fingerprint density at radius 2 is 2.00 bits per heavy atom. The van der Waals surface area contributed by atoms with Gasteiger partial charge in [0, 0.05) is 68.3 Å². The highest BCUT2D eigenvalue weighted by Crippen LogP contribution is 2.36. The van der Waals surface area contributed by atoms with Crippen molar-refractivity contribution in [3.8, 4) is 5.88 Å². The Balaban J connectivity index is 1.33. The van der Waals surface area contributed by atoms with Crippen LogP contribution in [0.2, 0.25) is 0 Å². The Kier molecular flexibility index (Phi) is 6.96. The van der Waals surface area contributed by atoms with Gasteiger partial charge in [-0.05, 0) is 53.2 Å². The normalized spacial score (nSPS) is 17.4. The van der Waals surface area contributed by atoms with E-state index in [2.05, 4.69) is 25.3 Å². The first-order valence-electron chi connectivity index (χ1n) is 13.3. The van der Waals surface area contributed by atoms with E-state index in [1.807, 2.05) is 60.0 Å². The highest BCUT2D eigenvalue weighted by atomic mass is 16.6. The van der Waals surface area contributed by atoms with E-state index < -0.39 is 5.60 Å². The lowest BCUT2D eigenvalue weighted by Crippen LogP contribution is -2.55. The minimum absolute atomic E-state index is 0.0231. The number of urea groups is 1. The van der Waals surface area contributed by atoms with Gasteiger partial charge in [0.15, 0.2) is 5.65 Å². The van der Waals surface area contributed by atoms with Crippen molar-refractivity contribution in [3.05, 3.63) is 30.1 Å². The topological polar surface area (TPSA) is 118 Å². The summed E-state index contributed by atoms with van der Waals surface area (Å²) in [5, 5.41) is 8.11. The molecule has 0 aliphatic carbocycles. The zero-order chi connectivity index (χ0) is 27.9. The second kappa shape index (κ2) is 10.2. The Morgan fingerprint density at radius 1 is 1.21 bits per heavy atom. The maximum atomic E-state index is 13.4. The van der Waals surface area contributed by atoms with Crippen LogP contribution in [-0.4, -0.2) is 81.2 Å². The third-order valence-corrected chi connectivity index (χ3v) is 6.79. The first kappa shape index (κ1) is 26.5. The van der Waals surface area contributed by atoms with Crippen LogP contribution in [0.3, 0.4) is 0 Å². The summed E-state index contributed by atoms with van der Waals surface area (Å²) in [5.41, 5.74) is 2.57. The number of pyridine rings is 2. The maximum Gasteiger partial charge on any atom is 0.410 e. The molecule has 2 aliphatic heterocycles. The van der Waals surface area contributed by atoms with Crippen LogP contribution >= 0.6 is 0 Å². The number of piperazine rings is 1. The van der Waals surface area contributed by atoms with Gasteiger partial charge in [0.05, 0.1) is 6.61 Å². The van der Waals surface area contributed by atoms with Crippen molar-refractivity contribution in [1.82, 2.24) is 24.6 Å². The molecule has 0 unspecified atom stereocenters. The van der Waals surface area contributed by atoms with Crippen molar-refractivity contribution in [3.63, 3.8) is 0 Å². The minimum atomic E-state index is -0.535. The molecule has 12 nitrogen and oxygen atoms in total. The second-order valence-corrected chi connectivity index (χ2v) is 10.9. The SMILES string of the molecule is CCOc1nc2nn(C)cc2cc1NC(=O)N1CCc2c(N3CCN(C(=O)OC(C)(C)C)[C@H](C)C3)ccnc21. The fourth-order valence-corrected chi connectivity index (χ4v) is 5.11. The summed E-state index contributed by atoms with van der Waals surface area (Å²) in [6.07, 6.45) is 3.98. The Hall–Kier alpha value is -4.09. The molecule has 0 spiro atoms. The maximum absolute atomic E-state index is 13.4. The van der Waals surface area contributed by atoms with Crippen molar-refractivity contribution >= 4 is 40.4 Å². The number of aryl methyl sites for hydroxylation is 1. The van der Waals surface area contributed by atoms with E-state index in [4.69, 9.17) is 9.47 Å². The van der Waals surface area contributed by atoms with Gasteiger partial charge in [-0.3, -0.25) is 9.58 Å². The predicted molar refractivity (Wildman–Crippen MR) is 149 cm³/mol. The minimum Gasteiger partial charge on any atom is -0.476 e. The number of nitrogens with one attached hydrogen (secondary N) is 1. The van der Waals surface area contributed by atoms with Crippen molar-refractivity contribution in [2.24, 2.45) is 7.05 Å². The summed E-state index contributed by atoms with van der Waals surface area (Å²) in [5.74, 6) is 0.968. The molecule has 39 heavy (non-hydrogen) atoms. The molecular formula is C27H36N8O4. The molecule has 5 heterocycles. The molecule has 3 amide bonds. The van der Waals surface area contributed by atoms with Crippen molar-refractivity contribution < 1.29 is 19.1 Å². The van der Waals surface area contributed by atoms with E-state index in [1.54, 1.807) is 20.7 Å². The molecule has 2 aliphatic rings. The zero-order valence-corrected chi connectivity index (χ0v) is 23.4. The van der Waals surface area contributed by atoms with Crippen molar-refractivity contribution in [2.45, 2.75) is 52.7 Å². The van der Waals surface area contributed by atoms with Gasteiger partial charge in [0.1, 0.15) is 17.1 Å². The lowest BCUT2D eigenvalue weighted by Gasteiger charge is -2.41. The lowest BCUT2D eigenvalue weighted by atomic mass is 10.1. The molecule has 208 valence electrons. The number of carbonyl (C=O) groups is 2. The number of aromatic nitrogens is 4. The number of rotatable bonds is 4. The smallest absolute Gasteiger partial charge is 0.410 e. The first-order chi connectivity index (χ1) is 18.5. The quantitative estimate of drug-likeness (QED) is 0.535. The molecule has 3 aromatic rings. The van der Waals surface area contributed by atoms with E-state index in [1.165, 1.54) is 0 Å². The highest BCUT2D eigenvalue weighted by molar-refractivity contribution is 6.04. The Labute approximate surface area is 227 Å². The molecule has 1 saturated heterocycles. The molecule has 5 rings (SSSR count). The van der Waals surface area contributed by atoms with Gasteiger partial charge in [-0.1, -0.05) is 0 Å². The third kappa shape index (κ3) is 5.41. The van der Waals surface area contributed by atoms with Gasteiger partial charge in [0.25, 0.3) is 0 Å². The molecule has 12 heteroatoms. The number of hydrogen-bond acceptors (Lipinski definition) is 8. The summed E-state index contributed by atoms with van der Waals surface area (Å²) in [7, 11) is 1.82. The largest absolute Gasteiger partial charge is 0.476 e. The monoisotopic (exact) mass is 536 g/mol. The van der Waals surface area contributed by atoms with Gasteiger partial charge in [0.2, 0.25) is 5.88 Å². The van der Waals surface area contributed by atoms with E-state index in [9.17, 15) is 9.59 Å². The summed E-state index contributed by atoms with van der Waals surface area (Å²) in [6, 6.07) is 3.49. The fourth-order valence-electron chi connectivity index (χ4n) is 5.11. The van der Waals surface area contributed by atoms with Crippen LogP contribution in [0.25, 0.3) is 11.0 Å². The zero-order valence-electron chi connectivity index (χ0n) is 23.4. The molecular weight excluding hydrogens is 500 g/mol. The molecule has 1 N–H and O–H groups in total. The number of ether oxygens (including phenoxy) is 2. The molecule has 3 aromatic heterocycles. The van der Waals surface area contributed by atoms with Crippen LogP contribution in [0.1, 0.15) is 40.2 Å². The van der Waals surface area contributed by atoms with E-state index >= 15 is 0 Å². The molecule has 0 aromatic carbocycles. The number of anilines is 3. The summed E-state index contributed by atoms with van der Waals surface area (Å²) in [4.78, 5) is 40.9. The number of amides is 3. The molecule has 1 atom stereocenters. The highest BCUT2D eigenvalue weighted by Gasteiger charge is 2.34. The second-order valence-electron chi connectivity index (χ2n) is 10.9. The first-order valence-corrected chi connectivity index (χ1v) is 13.3. The number of nitrogens with zero attached hydrogens (tertiary/aromatic N) is 7. The van der Waals surface area contributed by atoms with Crippen LogP contribution in [-0.2, 0) is 18.2 Å². The molecule has 0 bridgehead atoms.